The molecule has 0 bridgehead atoms. The van der Waals surface area contributed by atoms with Gasteiger partial charge in [0.25, 0.3) is 0 Å². The summed E-state index contributed by atoms with van der Waals surface area (Å²) in [5, 5.41) is 12.1. The topological polar surface area (TPSA) is 78.6 Å². The van der Waals surface area contributed by atoms with Crippen LogP contribution < -0.4 is 11.1 Å². The smallest absolute Gasteiger partial charge is 0.312 e. The van der Waals surface area contributed by atoms with Gasteiger partial charge in [0, 0.05) is 25.2 Å². The van der Waals surface area contributed by atoms with Gasteiger partial charge in [0.1, 0.15) is 5.75 Å². The van der Waals surface area contributed by atoms with Crippen molar-refractivity contribution in [2.75, 3.05) is 13.1 Å². The van der Waals surface area contributed by atoms with Gasteiger partial charge in [-0.3, -0.25) is 4.90 Å². The van der Waals surface area contributed by atoms with E-state index in [1.807, 2.05) is 12.1 Å². The van der Waals surface area contributed by atoms with Crippen LogP contribution in [0.3, 0.4) is 0 Å². The average Bonchev–Trinajstić information content (AvgIpc) is 2.47. The number of nitrogens with one attached hydrogen (secondary N) is 1. The van der Waals surface area contributed by atoms with Crippen molar-refractivity contribution < 1.29 is 9.90 Å². The first kappa shape index (κ1) is 15.6. The average molecular weight is 291 g/mol. The molecule has 1 aliphatic heterocycles. The number of hydrogen-bond donors (Lipinski definition) is 3. The maximum absolute atomic E-state index is 11.0. The van der Waals surface area contributed by atoms with Crippen LogP contribution in [0.5, 0.6) is 5.75 Å². The molecule has 2 rings (SSSR count). The van der Waals surface area contributed by atoms with E-state index >= 15 is 0 Å². The van der Waals surface area contributed by atoms with Crippen LogP contribution in [0.25, 0.3) is 0 Å². The van der Waals surface area contributed by atoms with Crippen molar-refractivity contribution in [1.82, 2.24) is 10.2 Å². The molecule has 0 unspecified atom stereocenters. The van der Waals surface area contributed by atoms with Crippen LogP contribution in [-0.2, 0) is 6.42 Å². The summed E-state index contributed by atoms with van der Waals surface area (Å²) in [7, 11) is 0. The molecule has 1 fully saturated rings. The number of phenolic OH excluding ortho intramolecular Hbond substituents is 1. The van der Waals surface area contributed by atoms with Gasteiger partial charge in [-0.05, 0) is 43.4 Å². The SMILES string of the molecule is CC[C@H]1C[C@H](NC(N)=O)CCN1CCc1ccc(O)cc1. The number of benzene rings is 1. The Bertz CT molecular complexity index is 461. The number of urea groups is 1. The minimum absolute atomic E-state index is 0.206. The number of nitrogens with zero attached hydrogens (tertiary/aromatic N) is 1. The van der Waals surface area contributed by atoms with Gasteiger partial charge in [0.05, 0.1) is 0 Å². The van der Waals surface area contributed by atoms with E-state index in [-0.39, 0.29) is 6.04 Å². The van der Waals surface area contributed by atoms with E-state index in [9.17, 15) is 9.90 Å². The number of carbonyl (C=O) groups excluding carboxylic acids is 1. The number of nitrogens with two attached hydrogens (primary N) is 1. The third-order valence-electron chi connectivity index (χ3n) is 4.28. The number of piperidine rings is 1. The Morgan fingerprint density at radius 2 is 2.14 bits per heavy atom. The zero-order valence-corrected chi connectivity index (χ0v) is 12.6. The van der Waals surface area contributed by atoms with Crippen LogP contribution >= 0.6 is 0 Å². The van der Waals surface area contributed by atoms with Crippen LogP contribution in [0, 0.1) is 0 Å². The van der Waals surface area contributed by atoms with Crippen molar-refractivity contribution in [3.63, 3.8) is 0 Å². The van der Waals surface area contributed by atoms with E-state index in [0.29, 0.717) is 11.8 Å². The number of primary amides is 1. The molecule has 116 valence electrons. The second-order valence-corrected chi connectivity index (χ2v) is 5.74. The Morgan fingerprint density at radius 1 is 1.43 bits per heavy atom. The van der Waals surface area contributed by atoms with Gasteiger partial charge in [-0.2, -0.15) is 0 Å². The molecule has 1 aromatic carbocycles. The second-order valence-electron chi connectivity index (χ2n) is 5.74. The first-order chi connectivity index (χ1) is 10.1. The lowest BCUT2D eigenvalue weighted by atomic mass is 9.95. The van der Waals surface area contributed by atoms with Crippen LogP contribution in [0.2, 0.25) is 0 Å². The Balaban J connectivity index is 1.85. The maximum atomic E-state index is 11.0. The molecule has 0 saturated carbocycles. The van der Waals surface area contributed by atoms with Gasteiger partial charge in [-0.25, -0.2) is 4.79 Å². The maximum Gasteiger partial charge on any atom is 0.312 e. The van der Waals surface area contributed by atoms with E-state index in [1.54, 1.807) is 12.1 Å². The molecule has 21 heavy (non-hydrogen) atoms. The Hall–Kier alpha value is -1.75. The van der Waals surface area contributed by atoms with Gasteiger partial charge in [-0.1, -0.05) is 19.1 Å². The lowest BCUT2D eigenvalue weighted by Crippen LogP contribution is -2.51. The van der Waals surface area contributed by atoms with Crippen LogP contribution in [0.4, 0.5) is 4.79 Å². The lowest BCUT2D eigenvalue weighted by molar-refractivity contribution is 0.125. The molecule has 0 aromatic heterocycles. The highest BCUT2D eigenvalue weighted by molar-refractivity contribution is 5.71. The Kier molecular flexibility index (Phi) is 5.44. The summed E-state index contributed by atoms with van der Waals surface area (Å²) < 4.78 is 0. The first-order valence-corrected chi connectivity index (χ1v) is 7.66. The number of carbonyl (C=O) groups is 1. The molecule has 0 spiro atoms. The van der Waals surface area contributed by atoms with E-state index in [4.69, 9.17) is 5.73 Å². The molecule has 2 amide bonds. The van der Waals surface area contributed by atoms with E-state index in [2.05, 4.69) is 17.1 Å². The summed E-state index contributed by atoms with van der Waals surface area (Å²) >= 11 is 0. The Morgan fingerprint density at radius 3 is 2.76 bits per heavy atom. The monoisotopic (exact) mass is 291 g/mol. The number of amides is 2. The second kappa shape index (κ2) is 7.31. The summed E-state index contributed by atoms with van der Waals surface area (Å²) in [6.45, 7) is 4.18. The van der Waals surface area contributed by atoms with Crippen molar-refractivity contribution in [3.05, 3.63) is 29.8 Å². The highest BCUT2D eigenvalue weighted by Crippen LogP contribution is 2.21. The molecule has 2 atom stereocenters. The fourth-order valence-electron chi connectivity index (χ4n) is 3.09. The molecule has 1 aromatic rings. The minimum atomic E-state index is -0.424. The van der Waals surface area contributed by atoms with Gasteiger partial charge in [0.15, 0.2) is 0 Å². The summed E-state index contributed by atoms with van der Waals surface area (Å²) in [5.41, 5.74) is 6.44. The summed E-state index contributed by atoms with van der Waals surface area (Å²) in [5.74, 6) is 0.309. The van der Waals surface area contributed by atoms with E-state index in [0.717, 1.165) is 38.8 Å². The third-order valence-corrected chi connectivity index (χ3v) is 4.28. The van der Waals surface area contributed by atoms with Gasteiger partial charge >= 0.3 is 6.03 Å². The fourth-order valence-corrected chi connectivity index (χ4v) is 3.09. The predicted molar refractivity (Wildman–Crippen MR) is 83.2 cm³/mol. The van der Waals surface area contributed by atoms with E-state index in [1.165, 1.54) is 5.56 Å². The largest absolute Gasteiger partial charge is 0.508 e. The standard InChI is InChI=1S/C16H25N3O2/c1-2-14-11-13(18-16(17)21)8-10-19(14)9-7-12-3-5-15(20)6-4-12/h3-6,13-14,20H,2,7-11H2,1H3,(H3,17,18,21)/t13-,14+/m1/s1. The number of hydrogen-bond acceptors (Lipinski definition) is 3. The molecule has 1 saturated heterocycles. The van der Waals surface area contributed by atoms with Crippen molar-refractivity contribution in [3.8, 4) is 5.75 Å². The number of rotatable bonds is 5. The van der Waals surface area contributed by atoms with Gasteiger partial charge in [0.2, 0.25) is 0 Å². The molecular formula is C16H25N3O2. The zero-order chi connectivity index (χ0) is 15.2. The highest BCUT2D eigenvalue weighted by Gasteiger charge is 2.27. The summed E-state index contributed by atoms with van der Waals surface area (Å²) in [6.07, 6.45) is 3.97. The molecule has 5 nitrogen and oxygen atoms in total. The molecule has 5 heteroatoms. The van der Waals surface area contributed by atoms with Crippen molar-refractivity contribution in [2.24, 2.45) is 5.73 Å². The third kappa shape index (κ3) is 4.63. The molecular weight excluding hydrogens is 266 g/mol. The minimum Gasteiger partial charge on any atom is -0.508 e. The molecule has 1 heterocycles. The number of likely N-dealkylation sites (tertiary alicyclic amines) is 1. The summed E-state index contributed by atoms with van der Waals surface area (Å²) in [6, 6.07) is 7.68. The van der Waals surface area contributed by atoms with Crippen LogP contribution in [-0.4, -0.2) is 41.2 Å². The molecule has 0 radical (unpaired) electrons. The normalized spacial score (nSPS) is 22.9. The first-order valence-electron chi connectivity index (χ1n) is 7.66. The van der Waals surface area contributed by atoms with E-state index < -0.39 is 6.03 Å². The lowest BCUT2D eigenvalue weighted by Gasteiger charge is -2.39. The van der Waals surface area contributed by atoms with Crippen molar-refractivity contribution in [2.45, 2.75) is 44.7 Å². The quantitative estimate of drug-likeness (QED) is 0.774. The number of aromatic hydroxyl groups is 1. The number of phenols is 1. The Labute approximate surface area is 126 Å². The summed E-state index contributed by atoms with van der Waals surface area (Å²) in [4.78, 5) is 13.5. The van der Waals surface area contributed by atoms with Crippen LogP contribution in [0.15, 0.2) is 24.3 Å². The zero-order valence-electron chi connectivity index (χ0n) is 12.6. The van der Waals surface area contributed by atoms with Crippen molar-refractivity contribution >= 4 is 6.03 Å². The predicted octanol–water partition coefficient (Wildman–Crippen LogP) is 1.85. The van der Waals surface area contributed by atoms with Crippen molar-refractivity contribution in [1.29, 1.82) is 0 Å². The highest BCUT2D eigenvalue weighted by atomic mass is 16.3. The molecule has 1 aliphatic rings. The molecule has 0 aliphatic carbocycles. The van der Waals surface area contributed by atoms with Crippen LogP contribution in [0.1, 0.15) is 31.7 Å². The fraction of sp³-hybridized carbons (Fsp3) is 0.562. The van der Waals surface area contributed by atoms with Gasteiger partial charge < -0.3 is 16.2 Å². The molecule has 4 N–H and O–H groups in total. The van der Waals surface area contributed by atoms with Gasteiger partial charge in [-0.15, -0.1) is 0 Å².